The first-order valence-electron chi connectivity index (χ1n) is 6.84. The topological polar surface area (TPSA) is 56.8 Å². The zero-order chi connectivity index (χ0) is 17.7. The van der Waals surface area contributed by atoms with E-state index in [1.807, 2.05) is 0 Å². The minimum Gasteiger partial charge on any atom is -0.444 e. The quantitative estimate of drug-likeness (QED) is 0.889. The summed E-state index contributed by atoms with van der Waals surface area (Å²) in [5, 5.41) is 2.61. The van der Waals surface area contributed by atoms with Crippen LogP contribution in [0.3, 0.4) is 0 Å². The van der Waals surface area contributed by atoms with Crippen LogP contribution in [0.4, 0.5) is 18.0 Å². The van der Waals surface area contributed by atoms with Crippen LogP contribution in [0, 0.1) is 0 Å². The van der Waals surface area contributed by atoms with Crippen LogP contribution in [0.25, 0.3) is 0 Å². The second-order valence-corrected chi connectivity index (χ2v) is 5.77. The molecule has 5 nitrogen and oxygen atoms in total. The largest absolute Gasteiger partial charge is 0.573 e. The van der Waals surface area contributed by atoms with E-state index in [0.29, 0.717) is 5.56 Å². The number of halogens is 3. The molecule has 1 amide bonds. The summed E-state index contributed by atoms with van der Waals surface area (Å²) in [6, 6.07) is 4.61. The molecule has 0 aromatic heterocycles. The summed E-state index contributed by atoms with van der Waals surface area (Å²) in [6.45, 7) is 5.31. The second-order valence-electron chi connectivity index (χ2n) is 5.77. The lowest BCUT2D eigenvalue weighted by Gasteiger charge is -2.23. The summed E-state index contributed by atoms with van der Waals surface area (Å²) in [6.07, 6.45) is -5.39. The lowest BCUT2D eigenvalue weighted by molar-refractivity contribution is -0.274. The number of methoxy groups -OCH3 is 1. The highest BCUT2D eigenvalue weighted by Crippen LogP contribution is 2.24. The smallest absolute Gasteiger partial charge is 0.444 e. The van der Waals surface area contributed by atoms with Crippen molar-refractivity contribution in [3.63, 3.8) is 0 Å². The van der Waals surface area contributed by atoms with Gasteiger partial charge in [0.15, 0.2) is 0 Å². The maximum absolute atomic E-state index is 12.1. The number of benzene rings is 1. The molecule has 0 saturated carbocycles. The first-order chi connectivity index (χ1) is 10.5. The average molecular weight is 335 g/mol. The molecule has 1 aromatic carbocycles. The molecular formula is C15H20F3NO4. The number of hydrogen-bond donors (Lipinski definition) is 1. The van der Waals surface area contributed by atoms with Gasteiger partial charge in [-0.1, -0.05) is 12.1 Å². The number of carbonyl (C=O) groups excluding carboxylic acids is 1. The molecule has 0 saturated heterocycles. The van der Waals surface area contributed by atoms with E-state index in [-0.39, 0.29) is 12.4 Å². The molecule has 23 heavy (non-hydrogen) atoms. The molecule has 0 aliphatic rings. The van der Waals surface area contributed by atoms with Gasteiger partial charge in [-0.05, 0) is 38.5 Å². The van der Waals surface area contributed by atoms with Crippen LogP contribution in [0.5, 0.6) is 5.75 Å². The molecule has 0 heterocycles. The third-order valence-corrected chi connectivity index (χ3v) is 2.54. The van der Waals surface area contributed by atoms with Crippen molar-refractivity contribution >= 4 is 6.09 Å². The Hall–Kier alpha value is -1.96. The number of hydrogen-bond acceptors (Lipinski definition) is 4. The van der Waals surface area contributed by atoms with Gasteiger partial charge < -0.3 is 19.5 Å². The second kappa shape index (κ2) is 7.54. The highest BCUT2D eigenvalue weighted by molar-refractivity contribution is 5.68. The van der Waals surface area contributed by atoms with Crippen molar-refractivity contribution in [2.75, 3.05) is 13.7 Å². The molecule has 1 atom stereocenters. The Morgan fingerprint density at radius 3 is 2.17 bits per heavy atom. The summed E-state index contributed by atoms with van der Waals surface area (Å²) in [7, 11) is 1.45. The van der Waals surface area contributed by atoms with Gasteiger partial charge in [-0.2, -0.15) is 0 Å². The third kappa shape index (κ3) is 7.73. The monoisotopic (exact) mass is 335 g/mol. The molecule has 0 bridgehead atoms. The Balaban J connectivity index is 2.79. The van der Waals surface area contributed by atoms with E-state index in [1.54, 1.807) is 20.8 Å². The Bertz CT molecular complexity index is 509. The third-order valence-electron chi connectivity index (χ3n) is 2.54. The highest BCUT2D eigenvalue weighted by atomic mass is 19.4. The Morgan fingerprint density at radius 2 is 1.74 bits per heavy atom. The lowest BCUT2D eigenvalue weighted by Crippen LogP contribution is -2.36. The van der Waals surface area contributed by atoms with Gasteiger partial charge in [-0.3, -0.25) is 0 Å². The summed E-state index contributed by atoms with van der Waals surface area (Å²) >= 11 is 0. The first kappa shape index (κ1) is 19.1. The van der Waals surface area contributed by atoms with E-state index < -0.39 is 24.1 Å². The fraction of sp³-hybridized carbons (Fsp3) is 0.533. The number of alkyl halides is 3. The van der Waals surface area contributed by atoms with Crippen molar-refractivity contribution in [3.05, 3.63) is 29.8 Å². The lowest BCUT2D eigenvalue weighted by atomic mass is 10.1. The molecule has 0 radical (unpaired) electrons. The van der Waals surface area contributed by atoms with Crippen molar-refractivity contribution in [1.82, 2.24) is 5.32 Å². The number of amides is 1. The predicted octanol–water partition coefficient (Wildman–Crippen LogP) is 3.80. The van der Waals surface area contributed by atoms with Gasteiger partial charge in [0, 0.05) is 7.11 Å². The fourth-order valence-corrected chi connectivity index (χ4v) is 1.74. The predicted molar refractivity (Wildman–Crippen MR) is 77.1 cm³/mol. The van der Waals surface area contributed by atoms with Crippen LogP contribution in [-0.4, -0.2) is 31.8 Å². The standard InChI is InChI=1S/C15H20F3NO4/c1-14(2,3)23-13(20)19-12(9-21-4)10-5-7-11(8-6-10)22-15(16,17)18/h5-8,12H,9H2,1-4H3,(H,19,20)/t12-/m1/s1. The van der Waals surface area contributed by atoms with Crippen LogP contribution in [-0.2, 0) is 9.47 Å². The summed E-state index contributed by atoms with van der Waals surface area (Å²) in [4.78, 5) is 11.8. The zero-order valence-corrected chi connectivity index (χ0v) is 13.4. The molecule has 0 aliphatic carbocycles. The van der Waals surface area contributed by atoms with Gasteiger partial charge in [0.05, 0.1) is 12.6 Å². The van der Waals surface area contributed by atoms with Crippen LogP contribution >= 0.6 is 0 Å². The molecule has 1 rings (SSSR count). The van der Waals surface area contributed by atoms with Gasteiger partial charge in [0.2, 0.25) is 0 Å². The van der Waals surface area contributed by atoms with Gasteiger partial charge >= 0.3 is 12.5 Å². The first-order valence-corrected chi connectivity index (χ1v) is 6.84. The number of nitrogens with one attached hydrogen (secondary N) is 1. The Morgan fingerprint density at radius 1 is 1.17 bits per heavy atom. The van der Waals surface area contributed by atoms with Gasteiger partial charge in [-0.25, -0.2) is 4.79 Å². The van der Waals surface area contributed by atoms with Gasteiger partial charge in [-0.15, -0.1) is 13.2 Å². The van der Waals surface area contributed by atoms with Gasteiger partial charge in [0.25, 0.3) is 0 Å². The van der Waals surface area contributed by atoms with Crippen molar-refractivity contribution in [2.24, 2.45) is 0 Å². The summed E-state index contributed by atoms with van der Waals surface area (Å²) in [5.74, 6) is -0.338. The van der Waals surface area contributed by atoms with Crippen LogP contribution in [0.15, 0.2) is 24.3 Å². The highest BCUT2D eigenvalue weighted by Gasteiger charge is 2.31. The molecule has 130 valence electrons. The van der Waals surface area contributed by atoms with E-state index in [4.69, 9.17) is 9.47 Å². The Labute approximate surface area is 132 Å². The van der Waals surface area contributed by atoms with Crippen LogP contribution < -0.4 is 10.1 Å². The molecule has 0 spiro atoms. The summed E-state index contributed by atoms with van der Waals surface area (Å²) < 4.78 is 50.4. The van der Waals surface area contributed by atoms with Crippen LogP contribution in [0.1, 0.15) is 32.4 Å². The van der Waals surface area contributed by atoms with Crippen molar-refractivity contribution in [3.8, 4) is 5.75 Å². The molecule has 1 aromatic rings. The molecule has 1 N–H and O–H groups in total. The van der Waals surface area contributed by atoms with E-state index in [9.17, 15) is 18.0 Å². The van der Waals surface area contributed by atoms with Crippen molar-refractivity contribution in [2.45, 2.75) is 38.8 Å². The number of carbonyl (C=O) groups is 1. The maximum Gasteiger partial charge on any atom is 0.573 e. The van der Waals surface area contributed by atoms with Crippen molar-refractivity contribution in [1.29, 1.82) is 0 Å². The molecular weight excluding hydrogens is 315 g/mol. The van der Waals surface area contributed by atoms with Crippen molar-refractivity contribution < 1.29 is 32.2 Å². The summed E-state index contributed by atoms with van der Waals surface area (Å²) in [5.41, 5.74) is -0.0984. The zero-order valence-electron chi connectivity index (χ0n) is 13.4. The minimum absolute atomic E-state index is 0.138. The maximum atomic E-state index is 12.1. The van der Waals surface area contributed by atoms with E-state index in [2.05, 4.69) is 10.1 Å². The molecule has 0 aliphatic heterocycles. The number of rotatable bonds is 5. The molecule has 0 unspecified atom stereocenters. The van der Waals surface area contributed by atoms with E-state index in [0.717, 1.165) is 0 Å². The number of alkyl carbamates (subject to hydrolysis) is 1. The van der Waals surface area contributed by atoms with E-state index >= 15 is 0 Å². The average Bonchev–Trinajstić information content (AvgIpc) is 2.35. The molecule has 8 heteroatoms. The Kier molecular flexibility index (Phi) is 6.26. The van der Waals surface area contributed by atoms with E-state index in [1.165, 1.54) is 31.4 Å². The molecule has 0 fully saturated rings. The minimum atomic E-state index is -4.75. The SMILES string of the molecule is COC[C@@H](NC(=O)OC(C)(C)C)c1ccc(OC(F)(F)F)cc1. The fourth-order valence-electron chi connectivity index (χ4n) is 1.74. The number of ether oxygens (including phenoxy) is 3. The normalized spacial score (nSPS) is 13.3. The van der Waals surface area contributed by atoms with Crippen LogP contribution in [0.2, 0.25) is 0 Å². The van der Waals surface area contributed by atoms with Gasteiger partial charge in [0.1, 0.15) is 11.4 Å².